The van der Waals surface area contributed by atoms with E-state index in [9.17, 15) is 5.11 Å². The van der Waals surface area contributed by atoms with Crippen molar-refractivity contribution >= 4 is 17.6 Å². The Labute approximate surface area is 106 Å². The summed E-state index contributed by atoms with van der Waals surface area (Å²) in [5.74, 6) is 0.793. The quantitative estimate of drug-likeness (QED) is 0.829. The minimum atomic E-state index is -0.658. The molecule has 0 bridgehead atoms. The second-order valence-corrected chi connectivity index (χ2v) is 4.38. The van der Waals surface area contributed by atoms with Crippen LogP contribution in [0.2, 0.25) is 0 Å². The number of hydrogen-bond donors (Lipinski definition) is 1. The SMILES string of the molecule is CC1=Cc2cccnc2N(c2ccccc2)C1O. The van der Waals surface area contributed by atoms with E-state index in [1.807, 2.05) is 60.4 Å². The average Bonchev–Trinajstić information content (AvgIpc) is 2.41. The number of benzene rings is 1. The van der Waals surface area contributed by atoms with Crippen molar-refractivity contribution in [3.63, 3.8) is 0 Å². The van der Waals surface area contributed by atoms with E-state index in [2.05, 4.69) is 4.98 Å². The summed E-state index contributed by atoms with van der Waals surface area (Å²) in [6, 6.07) is 13.7. The van der Waals surface area contributed by atoms with Crippen molar-refractivity contribution < 1.29 is 5.11 Å². The number of pyridine rings is 1. The summed E-state index contributed by atoms with van der Waals surface area (Å²) in [7, 11) is 0. The van der Waals surface area contributed by atoms with Crippen LogP contribution in [0.4, 0.5) is 11.5 Å². The van der Waals surface area contributed by atoms with Crippen LogP contribution in [0.3, 0.4) is 0 Å². The van der Waals surface area contributed by atoms with Crippen molar-refractivity contribution in [1.82, 2.24) is 4.98 Å². The van der Waals surface area contributed by atoms with Gasteiger partial charge < -0.3 is 5.11 Å². The van der Waals surface area contributed by atoms with E-state index in [0.29, 0.717) is 0 Å². The highest BCUT2D eigenvalue weighted by Gasteiger charge is 2.26. The Morgan fingerprint density at radius 3 is 2.67 bits per heavy atom. The minimum absolute atomic E-state index is 0.658. The molecule has 1 atom stereocenters. The lowest BCUT2D eigenvalue weighted by Gasteiger charge is -2.34. The zero-order valence-corrected chi connectivity index (χ0v) is 10.1. The molecule has 3 nitrogen and oxygen atoms in total. The fourth-order valence-electron chi connectivity index (χ4n) is 2.21. The summed E-state index contributed by atoms with van der Waals surface area (Å²) >= 11 is 0. The number of aliphatic hydroxyl groups excluding tert-OH is 1. The Balaban J connectivity index is 2.17. The van der Waals surface area contributed by atoms with E-state index in [1.165, 1.54) is 0 Å². The van der Waals surface area contributed by atoms with Gasteiger partial charge in [-0.15, -0.1) is 0 Å². The molecule has 3 heteroatoms. The highest BCUT2D eigenvalue weighted by Crippen LogP contribution is 2.35. The molecule has 2 heterocycles. The van der Waals surface area contributed by atoms with Crippen LogP contribution < -0.4 is 4.90 Å². The largest absolute Gasteiger partial charge is 0.369 e. The molecule has 0 fully saturated rings. The van der Waals surface area contributed by atoms with E-state index in [-0.39, 0.29) is 0 Å². The third kappa shape index (κ3) is 1.69. The number of nitrogens with zero attached hydrogens (tertiary/aromatic N) is 2. The summed E-state index contributed by atoms with van der Waals surface area (Å²) in [5, 5.41) is 10.4. The molecule has 1 aliphatic heterocycles. The maximum atomic E-state index is 10.4. The van der Waals surface area contributed by atoms with Gasteiger partial charge in [0.15, 0.2) is 6.23 Å². The fourth-order valence-corrected chi connectivity index (χ4v) is 2.21. The van der Waals surface area contributed by atoms with Crippen molar-refractivity contribution in [3.05, 3.63) is 59.8 Å². The second-order valence-electron chi connectivity index (χ2n) is 4.38. The lowest BCUT2D eigenvalue weighted by Crippen LogP contribution is -2.35. The standard InChI is InChI=1S/C15H14N2O/c1-11-10-12-6-5-9-16-14(12)17(15(11)18)13-7-3-2-4-8-13/h2-10,15,18H,1H3. The lowest BCUT2D eigenvalue weighted by molar-refractivity contribution is 0.216. The van der Waals surface area contributed by atoms with Crippen molar-refractivity contribution in [2.75, 3.05) is 4.90 Å². The molecule has 0 aliphatic carbocycles. The molecule has 0 radical (unpaired) electrons. The molecule has 1 aromatic heterocycles. The molecule has 0 saturated carbocycles. The monoisotopic (exact) mass is 238 g/mol. The number of fused-ring (bicyclic) bond motifs is 1. The molecule has 0 saturated heterocycles. The van der Waals surface area contributed by atoms with Gasteiger partial charge in [-0.25, -0.2) is 4.98 Å². The molecule has 0 amide bonds. The third-order valence-electron chi connectivity index (χ3n) is 3.11. The van der Waals surface area contributed by atoms with Crippen LogP contribution >= 0.6 is 0 Å². The summed E-state index contributed by atoms with van der Waals surface area (Å²) in [6.45, 7) is 1.93. The fraction of sp³-hybridized carbons (Fsp3) is 0.133. The van der Waals surface area contributed by atoms with Gasteiger partial charge in [0, 0.05) is 17.4 Å². The van der Waals surface area contributed by atoms with E-state index < -0.39 is 6.23 Å². The van der Waals surface area contributed by atoms with Crippen LogP contribution in [0.5, 0.6) is 0 Å². The van der Waals surface area contributed by atoms with Gasteiger partial charge in [-0.1, -0.05) is 18.2 Å². The number of hydrogen-bond acceptors (Lipinski definition) is 3. The van der Waals surface area contributed by atoms with Gasteiger partial charge in [0.05, 0.1) is 0 Å². The minimum Gasteiger partial charge on any atom is -0.369 e. The Hall–Kier alpha value is -2.13. The molecule has 3 rings (SSSR count). The van der Waals surface area contributed by atoms with Gasteiger partial charge in [-0.2, -0.15) is 0 Å². The predicted molar refractivity (Wildman–Crippen MR) is 72.5 cm³/mol. The Bertz CT molecular complexity index is 592. The average molecular weight is 238 g/mol. The first-order chi connectivity index (χ1) is 8.77. The van der Waals surface area contributed by atoms with Gasteiger partial charge >= 0.3 is 0 Å². The van der Waals surface area contributed by atoms with Crippen LogP contribution in [0.1, 0.15) is 12.5 Å². The van der Waals surface area contributed by atoms with Crippen molar-refractivity contribution in [1.29, 1.82) is 0 Å². The van der Waals surface area contributed by atoms with Gasteiger partial charge in [0.1, 0.15) is 5.82 Å². The number of aromatic nitrogens is 1. The zero-order chi connectivity index (χ0) is 12.5. The van der Waals surface area contributed by atoms with Crippen molar-refractivity contribution in [2.45, 2.75) is 13.2 Å². The Morgan fingerprint density at radius 1 is 1.11 bits per heavy atom. The van der Waals surface area contributed by atoms with E-state index >= 15 is 0 Å². The number of aliphatic hydroxyl groups is 1. The molecular weight excluding hydrogens is 224 g/mol. The Morgan fingerprint density at radius 2 is 1.89 bits per heavy atom. The first-order valence-electron chi connectivity index (χ1n) is 5.93. The normalized spacial score (nSPS) is 18.2. The van der Waals surface area contributed by atoms with E-state index in [1.54, 1.807) is 6.20 Å². The molecule has 1 aromatic carbocycles. The first kappa shape index (κ1) is 11.0. The van der Waals surface area contributed by atoms with Gasteiger partial charge in [0.25, 0.3) is 0 Å². The first-order valence-corrected chi connectivity index (χ1v) is 5.93. The number of para-hydroxylation sites is 1. The summed E-state index contributed by atoms with van der Waals surface area (Å²) in [5.41, 5.74) is 2.89. The summed E-state index contributed by atoms with van der Waals surface area (Å²) < 4.78 is 0. The van der Waals surface area contributed by atoms with Crippen LogP contribution in [0, 0.1) is 0 Å². The molecule has 2 aromatic rings. The Kier molecular flexibility index (Phi) is 2.61. The number of anilines is 2. The molecule has 1 unspecified atom stereocenters. The lowest BCUT2D eigenvalue weighted by atomic mass is 10.0. The van der Waals surface area contributed by atoms with Gasteiger partial charge in [-0.3, -0.25) is 4.90 Å². The van der Waals surface area contributed by atoms with Crippen LogP contribution in [0.15, 0.2) is 54.2 Å². The van der Waals surface area contributed by atoms with Crippen LogP contribution in [0.25, 0.3) is 6.08 Å². The number of rotatable bonds is 1. The van der Waals surface area contributed by atoms with Crippen LogP contribution in [-0.4, -0.2) is 16.3 Å². The molecule has 0 spiro atoms. The third-order valence-corrected chi connectivity index (χ3v) is 3.11. The highest BCUT2D eigenvalue weighted by molar-refractivity contribution is 5.76. The molecule has 90 valence electrons. The second kappa shape index (κ2) is 4.27. The van der Waals surface area contributed by atoms with Gasteiger partial charge in [0.2, 0.25) is 0 Å². The van der Waals surface area contributed by atoms with Gasteiger partial charge in [-0.05, 0) is 42.8 Å². The molecule has 1 aliphatic rings. The summed E-state index contributed by atoms with van der Waals surface area (Å²) in [4.78, 5) is 6.24. The van der Waals surface area contributed by atoms with E-state index in [4.69, 9.17) is 0 Å². The zero-order valence-electron chi connectivity index (χ0n) is 10.1. The highest BCUT2D eigenvalue weighted by atomic mass is 16.3. The molecule has 18 heavy (non-hydrogen) atoms. The van der Waals surface area contributed by atoms with Crippen LogP contribution in [-0.2, 0) is 0 Å². The summed E-state index contributed by atoms with van der Waals surface area (Å²) in [6.07, 6.45) is 3.07. The van der Waals surface area contributed by atoms with Crippen molar-refractivity contribution in [3.8, 4) is 0 Å². The van der Waals surface area contributed by atoms with Crippen molar-refractivity contribution in [2.24, 2.45) is 0 Å². The predicted octanol–water partition coefficient (Wildman–Crippen LogP) is 2.96. The maximum Gasteiger partial charge on any atom is 0.154 e. The topological polar surface area (TPSA) is 36.4 Å². The molecular formula is C15H14N2O. The smallest absolute Gasteiger partial charge is 0.154 e. The molecule has 1 N–H and O–H groups in total. The maximum absolute atomic E-state index is 10.4. The van der Waals surface area contributed by atoms with E-state index in [0.717, 1.165) is 22.6 Å².